The first-order valence-corrected chi connectivity index (χ1v) is 8.76. The lowest BCUT2D eigenvalue weighted by molar-refractivity contribution is -0.120. The van der Waals surface area contributed by atoms with Gasteiger partial charge >= 0.3 is 0 Å². The SMILES string of the molecule is COc1ccc(NC(=O)C(C)Nc2ccc(OC)c(OCC(N)=O)c2)cc1OC. The molecule has 0 aliphatic heterocycles. The summed E-state index contributed by atoms with van der Waals surface area (Å²) >= 11 is 0. The average molecular weight is 403 g/mol. The van der Waals surface area contributed by atoms with Gasteiger partial charge in [0.1, 0.15) is 6.04 Å². The van der Waals surface area contributed by atoms with Crippen molar-refractivity contribution in [2.75, 3.05) is 38.6 Å². The van der Waals surface area contributed by atoms with E-state index in [1.165, 1.54) is 14.2 Å². The maximum absolute atomic E-state index is 12.5. The number of ether oxygens (including phenoxy) is 4. The summed E-state index contributed by atoms with van der Waals surface area (Å²) in [6.07, 6.45) is 0. The minimum absolute atomic E-state index is 0.257. The molecule has 0 bridgehead atoms. The largest absolute Gasteiger partial charge is 0.493 e. The number of methoxy groups -OCH3 is 3. The Balaban J connectivity index is 2.07. The molecule has 0 heterocycles. The van der Waals surface area contributed by atoms with E-state index in [-0.39, 0.29) is 12.5 Å². The summed E-state index contributed by atoms with van der Waals surface area (Å²) in [5, 5.41) is 5.88. The first-order valence-electron chi connectivity index (χ1n) is 8.76. The van der Waals surface area contributed by atoms with Crippen molar-refractivity contribution < 1.29 is 28.5 Å². The van der Waals surface area contributed by atoms with Crippen LogP contribution in [0.4, 0.5) is 11.4 Å². The van der Waals surface area contributed by atoms with Gasteiger partial charge in [0.05, 0.1) is 21.3 Å². The van der Waals surface area contributed by atoms with Crippen LogP contribution in [0.15, 0.2) is 36.4 Å². The lowest BCUT2D eigenvalue weighted by Gasteiger charge is -2.17. The average Bonchev–Trinajstić information content (AvgIpc) is 2.72. The molecule has 9 nitrogen and oxygen atoms in total. The number of nitrogens with one attached hydrogen (secondary N) is 2. The highest BCUT2D eigenvalue weighted by molar-refractivity contribution is 5.96. The Morgan fingerprint density at radius 1 is 0.897 bits per heavy atom. The van der Waals surface area contributed by atoms with Crippen LogP contribution in [0.5, 0.6) is 23.0 Å². The summed E-state index contributed by atoms with van der Waals surface area (Å²) in [7, 11) is 4.55. The molecule has 1 unspecified atom stereocenters. The Morgan fingerprint density at radius 2 is 1.45 bits per heavy atom. The standard InChI is InChI=1S/C20H25N3O6/c1-12(20(25)23-14-6-7-15(26-2)17(9-14)28-4)22-13-5-8-16(27-3)18(10-13)29-11-19(21)24/h5-10,12,22H,11H2,1-4H3,(H2,21,24)(H,23,25). The van der Waals surface area contributed by atoms with Crippen molar-refractivity contribution >= 4 is 23.2 Å². The molecule has 0 aliphatic rings. The molecule has 0 aromatic heterocycles. The van der Waals surface area contributed by atoms with Crippen LogP contribution in [0.25, 0.3) is 0 Å². The maximum Gasteiger partial charge on any atom is 0.255 e. The molecule has 0 saturated carbocycles. The number of amides is 2. The number of carbonyl (C=O) groups is 2. The fourth-order valence-corrected chi connectivity index (χ4v) is 2.51. The third-order valence-electron chi connectivity index (χ3n) is 3.96. The molecule has 0 radical (unpaired) electrons. The number of hydrogen-bond donors (Lipinski definition) is 3. The van der Waals surface area contributed by atoms with Crippen LogP contribution in [-0.4, -0.2) is 45.8 Å². The molecular formula is C20H25N3O6. The van der Waals surface area contributed by atoms with E-state index in [2.05, 4.69) is 10.6 Å². The van der Waals surface area contributed by atoms with Crippen LogP contribution in [0.1, 0.15) is 6.92 Å². The third kappa shape index (κ3) is 5.93. The smallest absolute Gasteiger partial charge is 0.255 e. The number of primary amides is 1. The number of rotatable bonds is 10. The molecule has 0 spiro atoms. The van der Waals surface area contributed by atoms with Crippen molar-refractivity contribution in [3.8, 4) is 23.0 Å². The number of hydrogen-bond acceptors (Lipinski definition) is 7. The molecule has 2 amide bonds. The Kier molecular flexibility index (Phi) is 7.53. The van der Waals surface area contributed by atoms with Crippen molar-refractivity contribution in [1.29, 1.82) is 0 Å². The normalized spacial score (nSPS) is 11.2. The lowest BCUT2D eigenvalue weighted by Crippen LogP contribution is -2.31. The van der Waals surface area contributed by atoms with Gasteiger partial charge in [-0.2, -0.15) is 0 Å². The van der Waals surface area contributed by atoms with E-state index in [0.717, 1.165) is 0 Å². The van der Waals surface area contributed by atoms with E-state index >= 15 is 0 Å². The molecule has 0 aliphatic carbocycles. The second-order valence-electron chi connectivity index (χ2n) is 6.05. The van der Waals surface area contributed by atoms with Crippen molar-refractivity contribution in [2.24, 2.45) is 5.73 Å². The van der Waals surface area contributed by atoms with Crippen molar-refractivity contribution in [3.63, 3.8) is 0 Å². The Morgan fingerprint density at radius 3 is 2.03 bits per heavy atom. The molecule has 0 fully saturated rings. The van der Waals surface area contributed by atoms with Gasteiger partial charge < -0.3 is 35.3 Å². The quantitative estimate of drug-likeness (QED) is 0.555. The van der Waals surface area contributed by atoms with Gasteiger partial charge in [0.2, 0.25) is 5.91 Å². The maximum atomic E-state index is 12.5. The van der Waals surface area contributed by atoms with Crippen LogP contribution in [0, 0.1) is 0 Å². The molecule has 9 heteroatoms. The van der Waals surface area contributed by atoms with Gasteiger partial charge in [-0.15, -0.1) is 0 Å². The van der Waals surface area contributed by atoms with Crippen LogP contribution in [0.2, 0.25) is 0 Å². The predicted molar refractivity (Wildman–Crippen MR) is 109 cm³/mol. The second kappa shape index (κ2) is 10.1. The molecule has 1 atom stereocenters. The van der Waals surface area contributed by atoms with E-state index in [1.54, 1.807) is 50.4 Å². The Bertz CT molecular complexity index is 871. The summed E-state index contributed by atoms with van der Waals surface area (Å²) < 4.78 is 21.0. The van der Waals surface area contributed by atoms with E-state index in [9.17, 15) is 9.59 Å². The minimum Gasteiger partial charge on any atom is -0.493 e. The van der Waals surface area contributed by atoms with Gasteiger partial charge in [0.25, 0.3) is 5.91 Å². The highest BCUT2D eigenvalue weighted by Gasteiger charge is 2.16. The Labute approximate surface area is 169 Å². The number of carbonyl (C=O) groups excluding carboxylic acids is 2. The monoisotopic (exact) mass is 403 g/mol. The third-order valence-corrected chi connectivity index (χ3v) is 3.96. The number of nitrogens with two attached hydrogens (primary N) is 1. The molecule has 4 N–H and O–H groups in total. The number of benzene rings is 2. The lowest BCUT2D eigenvalue weighted by atomic mass is 10.2. The van der Waals surface area contributed by atoms with Gasteiger partial charge in [-0.3, -0.25) is 9.59 Å². The van der Waals surface area contributed by atoms with Crippen LogP contribution in [0.3, 0.4) is 0 Å². The van der Waals surface area contributed by atoms with E-state index in [4.69, 9.17) is 24.7 Å². The van der Waals surface area contributed by atoms with Gasteiger partial charge in [-0.1, -0.05) is 0 Å². The molecule has 2 aromatic carbocycles. The van der Waals surface area contributed by atoms with Gasteiger partial charge in [0, 0.05) is 23.5 Å². The van der Waals surface area contributed by atoms with Crippen LogP contribution in [-0.2, 0) is 9.59 Å². The summed E-state index contributed by atoms with van der Waals surface area (Å²) in [5.41, 5.74) is 6.29. The molecule has 2 rings (SSSR count). The molecule has 156 valence electrons. The highest BCUT2D eigenvalue weighted by atomic mass is 16.5. The zero-order valence-electron chi connectivity index (χ0n) is 16.8. The first-order chi connectivity index (χ1) is 13.9. The first kappa shape index (κ1) is 21.7. The van der Waals surface area contributed by atoms with Crippen LogP contribution >= 0.6 is 0 Å². The highest BCUT2D eigenvalue weighted by Crippen LogP contribution is 2.31. The summed E-state index contributed by atoms with van der Waals surface area (Å²) in [4.78, 5) is 23.5. The van der Waals surface area contributed by atoms with Crippen LogP contribution < -0.4 is 35.3 Å². The fraction of sp³-hybridized carbons (Fsp3) is 0.300. The van der Waals surface area contributed by atoms with E-state index < -0.39 is 11.9 Å². The van der Waals surface area contributed by atoms with E-state index in [1.807, 2.05) is 0 Å². The fourth-order valence-electron chi connectivity index (χ4n) is 2.51. The Hall–Kier alpha value is -3.62. The minimum atomic E-state index is -0.604. The summed E-state index contributed by atoms with van der Waals surface area (Å²) in [6, 6.07) is 9.55. The van der Waals surface area contributed by atoms with Crippen molar-refractivity contribution in [3.05, 3.63) is 36.4 Å². The molecular weight excluding hydrogens is 378 g/mol. The zero-order chi connectivity index (χ0) is 21.4. The summed E-state index contributed by atoms with van der Waals surface area (Å²) in [6.45, 7) is 1.43. The van der Waals surface area contributed by atoms with Gasteiger partial charge in [-0.05, 0) is 31.2 Å². The zero-order valence-corrected chi connectivity index (χ0v) is 16.8. The van der Waals surface area contributed by atoms with Crippen molar-refractivity contribution in [1.82, 2.24) is 0 Å². The van der Waals surface area contributed by atoms with Crippen molar-refractivity contribution in [2.45, 2.75) is 13.0 Å². The van der Waals surface area contributed by atoms with E-state index in [0.29, 0.717) is 34.4 Å². The summed E-state index contributed by atoms with van der Waals surface area (Å²) in [5.74, 6) is 0.999. The predicted octanol–water partition coefficient (Wildman–Crippen LogP) is 2.02. The molecule has 0 saturated heterocycles. The topological polar surface area (TPSA) is 121 Å². The second-order valence-corrected chi connectivity index (χ2v) is 6.05. The van der Waals surface area contributed by atoms with Gasteiger partial charge in [-0.25, -0.2) is 0 Å². The van der Waals surface area contributed by atoms with Gasteiger partial charge in [0.15, 0.2) is 29.6 Å². The molecule has 2 aromatic rings. The number of anilines is 2. The molecule has 29 heavy (non-hydrogen) atoms.